The van der Waals surface area contributed by atoms with Gasteiger partial charge >= 0.3 is 5.97 Å². The smallest absolute Gasteiger partial charge is 0.305 e. The second-order valence-electron chi connectivity index (χ2n) is 5.94. The van der Waals surface area contributed by atoms with Crippen LogP contribution in [-0.2, 0) is 9.53 Å². The largest absolute Gasteiger partial charge is 0.462 e. The molecule has 0 N–H and O–H groups in total. The molecule has 2 heteroatoms. The van der Waals surface area contributed by atoms with Gasteiger partial charge in [0, 0.05) is 11.8 Å². The molecule has 0 heterocycles. The lowest BCUT2D eigenvalue weighted by Gasteiger charge is -2.38. The average molecular weight is 210 g/mol. The van der Waals surface area contributed by atoms with E-state index in [1.165, 1.54) is 12.8 Å². The van der Waals surface area contributed by atoms with Gasteiger partial charge in [-0.05, 0) is 30.6 Å². The molecule has 2 saturated carbocycles. The molecule has 3 atom stereocenters. The highest BCUT2D eigenvalue weighted by molar-refractivity contribution is 5.69. The van der Waals surface area contributed by atoms with Gasteiger partial charge in [-0.2, -0.15) is 0 Å². The fraction of sp³-hybridized carbons (Fsp3) is 0.923. The second-order valence-corrected chi connectivity index (χ2v) is 5.94. The molecule has 2 nitrogen and oxygen atoms in total. The van der Waals surface area contributed by atoms with Gasteiger partial charge in [-0.3, -0.25) is 4.79 Å². The molecule has 2 bridgehead atoms. The van der Waals surface area contributed by atoms with Gasteiger partial charge in [0.05, 0.1) is 0 Å². The van der Waals surface area contributed by atoms with Crippen molar-refractivity contribution in [2.75, 3.05) is 0 Å². The molecule has 2 rings (SSSR count). The van der Waals surface area contributed by atoms with E-state index in [1.54, 1.807) is 0 Å². The lowest BCUT2D eigenvalue weighted by atomic mass is 9.70. The van der Waals surface area contributed by atoms with Crippen LogP contribution in [0.5, 0.6) is 0 Å². The second kappa shape index (κ2) is 3.23. The van der Waals surface area contributed by atoms with Crippen LogP contribution in [0.1, 0.15) is 53.4 Å². The predicted molar refractivity (Wildman–Crippen MR) is 59.4 cm³/mol. The molecule has 0 aromatic rings. The molecule has 86 valence electrons. The number of hydrogen-bond donors (Lipinski definition) is 0. The molecule has 15 heavy (non-hydrogen) atoms. The molecule has 0 aromatic heterocycles. The summed E-state index contributed by atoms with van der Waals surface area (Å²) in [7, 11) is 0. The predicted octanol–water partition coefficient (Wildman–Crippen LogP) is 3.15. The highest BCUT2D eigenvalue weighted by atomic mass is 16.5. The van der Waals surface area contributed by atoms with E-state index in [1.807, 2.05) is 6.92 Å². The van der Waals surface area contributed by atoms with Crippen molar-refractivity contribution in [2.24, 2.45) is 16.7 Å². The Morgan fingerprint density at radius 2 is 2.07 bits per heavy atom. The molecule has 1 unspecified atom stereocenters. The molecule has 2 aliphatic carbocycles. The topological polar surface area (TPSA) is 26.3 Å². The molecule has 2 fully saturated rings. The Hall–Kier alpha value is -0.530. The van der Waals surface area contributed by atoms with E-state index < -0.39 is 0 Å². The van der Waals surface area contributed by atoms with Crippen molar-refractivity contribution in [2.45, 2.75) is 59.5 Å². The van der Waals surface area contributed by atoms with E-state index in [0.29, 0.717) is 11.8 Å². The van der Waals surface area contributed by atoms with E-state index in [0.717, 1.165) is 12.3 Å². The van der Waals surface area contributed by atoms with Crippen LogP contribution in [0, 0.1) is 16.7 Å². The maximum atomic E-state index is 11.4. The number of rotatable bonds is 2. The van der Waals surface area contributed by atoms with Crippen LogP contribution < -0.4 is 0 Å². The third-order valence-electron chi connectivity index (χ3n) is 5.28. The molecule has 2 aliphatic rings. The van der Waals surface area contributed by atoms with Gasteiger partial charge < -0.3 is 4.74 Å². The molecule has 0 saturated heterocycles. The van der Waals surface area contributed by atoms with Crippen LogP contribution in [-0.4, -0.2) is 12.1 Å². The zero-order chi connectivity index (χ0) is 11.3. The van der Waals surface area contributed by atoms with Gasteiger partial charge in [0.1, 0.15) is 6.10 Å². The minimum atomic E-state index is -0.0374. The summed E-state index contributed by atoms with van der Waals surface area (Å²) in [4.78, 5) is 11.4. The van der Waals surface area contributed by atoms with Crippen molar-refractivity contribution >= 4 is 5.97 Å². The van der Waals surface area contributed by atoms with Crippen molar-refractivity contribution < 1.29 is 9.53 Å². The fourth-order valence-corrected chi connectivity index (χ4v) is 3.55. The number of hydrogen-bond acceptors (Lipinski definition) is 2. The van der Waals surface area contributed by atoms with Crippen molar-refractivity contribution in [1.29, 1.82) is 0 Å². The summed E-state index contributed by atoms with van der Waals surface area (Å²) in [5, 5.41) is 0. The Morgan fingerprint density at radius 1 is 1.40 bits per heavy atom. The molecule has 0 aromatic carbocycles. The minimum Gasteiger partial charge on any atom is -0.462 e. The van der Waals surface area contributed by atoms with Crippen LogP contribution >= 0.6 is 0 Å². The number of esters is 1. The fourth-order valence-electron chi connectivity index (χ4n) is 3.55. The lowest BCUT2D eigenvalue weighted by molar-refractivity contribution is -0.156. The van der Waals surface area contributed by atoms with Gasteiger partial charge in [-0.25, -0.2) is 0 Å². The van der Waals surface area contributed by atoms with Gasteiger partial charge in [0.25, 0.3) is 0 Å². The summed E-state index contributed by atoms with van der Waals surface area (Å²) < 4.78 is 5.59. The summed E-state index contributed by atoms with van der Waals surface area (Å²) in [6.45, 7) is 8.84. The van der Waals surface area contributed by atoms with Gasteiger partial charge in [-0.15, -0.1) is 0 Å². The average Bonchev–Trinajstić information content (AvgIpc) is 2.50. The first-order valence-corrected chi connectivity index (χ1v) is 6.11. The first-order valence-electron chi connectivity index (χ1n) is 6.11. The summed E-state index contributed by atoms with van der Waals surface area (Å²) in [6.07, 6.45) is 4.27. The number of carbonyl (C=O) groups excluding carboxylic acids is 1. The molecule has 0 aliphatic heterocycles. The Morgan fingerprint density at radius 3 is 2.47 bits per heavy atom. The van der Waals surface area contributed by atoms with E-state index >= 15 is 0 Å². The molecule has 0 spiro atoms. The Bertz CT molecular complexity index is 282. The Balaban J connectivity index is 2.15. The first-order chi connectivity index (χ1) is 6.91. The maximum Gasteiger partial charge on any atom is 0.305 e. The highest BCUT2D eigenvalue weighted by Gasteiger charge is 2.62. The molecular weight excluding hydrogens is 188 g/mol. The standard InChI is InChI=1S/C13H22O2/c1-5-11(14)15-10-8-9-6-7-13(10,4)12(9,2)3/h9-10H,5-8H2,1-4H3/t9-,10?,13+/m0/s1. The van der Waals surface area contributed by atoms with Crippen LogP contribution in [0.2, 0.25) is 0 Å². The Labute approximate surface area is 92.4 Å². The number of ether oxygens (including phenoxy) is 1. The monoisotopic (exact) mass is 210 g/mol. The quantitative estimate of drug-likeness (QED) is 0.654. The van der Waals surface area contributed by atoms with Crippen molar-refractivity contribution in [3.63, 3.8) is 0 Å². The van der Waals surface area contributed by atoms with E-state index in [4.69, 9.17) is 4.74 Å². The van der Waals surface area contributed by atoms with Crippen molar-refractivity contribution in [3.8, 4) is 0 Å². The van der Waals surface area contributed by atoms with E-state index in [2.05, 4.69) is 20.8 Å². The zero-order valence-corrected chi connectivity index (χ0v) is 10.3. The molecule has 0 radical (unpaired) electrons. The zero-order valence-electron chi connectivity index (χ0n) is 10.3. The normalized spacial score (nSPS) is 41.9. The van der Waals surface area contributed by atoms with Crippen LogP contribution in [0.15, 0.2) is 0 Å². The van der Waals surface area contributed by atoms with E-state index in [-0.39, 0.29) is 17.5 Å². The molecular formula is C13H22O2. The van der Waals surface area contributed by atoms with Crippen molar-refractivity contribution in [3.05, 3.63) is 0 Å². The summed E-state index contributed by atoms with van der Waals surface area (Å²) in [6, 6.07) is 0. The highest BCUT2D eigenvalue weighted by Crippen LogP contribution is 2.66. The van der Waals surface area contributed by atoms with Gasteiger partial charge in [-0.1, -0.05) is 27.7 Å². The summed E-state index contributed by atoms with van der Waals surface area (Å²) >= 11 is 0. The minimum absolute atomic E-state index is 0.0374. The third-order valence-corrected chi connectivity index (χ3v) is 5.28. The molecule has 0 amide bonds. The SMILES string of the molecule is CCC(=O)OC1C[C@@H]2CC[C@@]1(C)C2(C)C. The first kappa shape index (κ1) is 11.0. The van der Waals surface area contributed by atoms with E-state index in [9.17, 15) is 4.79 Å². The third kappa shape index (κ3) is 1.33. The van der Waals surface area contributed by atoms with Gasteiger partial charge in [0.2, 0.25) is 0 Å². The lowest BCUT2D eigenvalue weighted by Crippen LogP contribution is -2.38. The Kier molecular flexibility index (Phi) is 2.36. The summed E-state index contributed by atoms with van der Waals surface area (Å²) in [5.74, 6) is 0.710. The van der Waals surface area contributed by atoms with Crippen LogP contribution in [0.4, 0.5) is 0 Å². The maximum absolute atomic E-state index is 11.4. The van der Waals surface area contributed by atoms with Crippen molar-refractivity contribution in [1.82, 2.24) is 0 Å². The summed E-state index contributed by atoms with van der Waals surface area (Å²) in [5.41, 5.74) is 0.550. The number of fused-ring (bicyclic) bond motifs is 2. The van der Waals surface area contributed by atoms with Gasteiger partial charge in [0.15, 0.2) is 0 Å². The van der Waals surface area contributed by atoms with Crippen LogP contribution in [0.25, 0.3) is 0 Å². The number of carbonyl (C=O) groups is 1. The van der Waals surface area contributed by atoms with Crippen LogP contribution in [0.3, 0.4) is 0 Å².